The maximum atomic E-state index is 12.7. The van der Waals surface area contributed by atoms with E-state index in [0.717, 1.165) is 41.9 Å². The lowest BCUT2D eigenvalue weighted by Gasteiger charge is -2.37. The summed E-state index contributed by atoms with van der Waals surface area (Å²) < 4.78 is 11.3. The Bertz CT molecular complexity index is 970. The minimum absolute atomic E-state index is 0.0639. The van der Waals surface area contributed by atoms with Crippen molar-refractivity contribution in [2.24, 2.45) is 11.3 Å². The second kappa shape index (κ2) is 8.61. The second-order valence-electron chi connectivity index (χ2n) is 9.53. The summed E-state index contributed by atoms with van der Waals surface area (Å²) in [4.78, 5) is 31.3. The van der Waals surface area contributed by atoms with Crippen LogP contribution in [0, 0.1) is 18.3 Å². The van der Waals surface area contributed by atoms with Gasteiger partial charge in [0.15, 0.2) is 6.61 Å². The number of esters is 1. The fraction of sp³-hybridized carbons (Fsp3) is 0.542. The third-order valence-corrected chi connectivity index (χ3v) is 7.07. The number of nitrogens with zero attached hydrogens (tertiary/aromatic N) is 2. The molecule has 0 spiro atoms. The van der Waals surface area contributed by atoms with Gasteiger partial charge >= 0.3 is 5.97 Å². The molecule has 4 rings (SSSR count). The van der Waals surface area contributed by atoms with Crippen molar-refractivity contribution >= 4 is 28.9 Å². The molecule has 0 bridgehead atoms. The third kappa shape index (κ3) is 4.92. The third-order valence-electron chi connectivity index (χ3n) is 6.30. The Hall–Kier alpha value is -2.41. The van der Waals surface area contributed by atoms with Gasteiger partial charge in [-0.25, -0.2) is 4.98 Å². The molecule has 1 fully saturated rings. The Balaban J connectivity index is 1.44. The van der Waals surface area contributed by atoms with Crippen LogP contribution in [0.5, 0.6) is 5.75 Å². The molecule has 6 nitrogen and oxygen atoms in total. The highest BCUT2D eigenvalue weighted by atomic mass is 32.1. The maximum Gasteiger partial charge on any atom is 0.326 e. The van der Waals surface area contributed by atoms with Gasteiger partial charge in [0.25, 0.3) is 5.91 Å². The highest BCUT2D eigenvalue weighted by Crippen LogP contribution is 2.39. The standard InChI is InChI=1S/C24H30N2O4S/c1-15-25-19(14-31-15)16-5-10-21-20(11-16)26(22(27)13-29-21)12-23(28)30-18-8-6-17(7-9-18)24(2,3)4/h5,10-11,14,17-18H,6-9,12-13H2,1-4H3. The number of thiazole rings is 1. The number of anilines is 1. The van der Waals surface area contributed by atoms with E-state index in [4.69, 9.17) is 9.47 Å². The Morgan fingerprint density at radius 3 is 2.65 bits per heavy atom. The number of aromatic nitrogens is 1. The molecule has 2 aromatic rings. The van der Waals surface area contributed by atoms with Gasteiger partial charge in [-0.15, -0.1) is 11.3 Å². The average molecular weight is 443 g/mol. The lowest BCUT2D eigenvalue weighted by atomic mass is 9.72. The molecule has 1 aliphatic heterocycles. The predicted molar refractivity (Wildman–Crippen MR) is 121 cm³/mol. The van der Waals surface area contributed by atoms with E-state index >= 15 is 0 Å². The van der Waals surface area contributed by atoms with Gasteiger partial charge in [0.05, 0.1) is 16.4 Å². The zero-order valence-electron chi connectivity index (χ0n) is 18.6. The van der Waals surface area contributed by atoms with Gasteiger partial charge in [0.2, 0.25) is 0 Å². The van der Waals surface area contributed by atoms with Crippen LogP contribution in [0.25, 0.3) is 11.3 Å². The first-order chi connectivity index (χ1) is 14.7. The first-order valence-corrected chi connectivity index (χ1v) is 11.8. The number of carbonyl (C=O) groups excluding carboxylic acids is 2. The number of rotatable bonds is 4. The van der Waals surface area contributed by atoms with Crippen molar-refractivity contribution in [1.82, 2.24) is 4.98 Å². The molecule has 31 heavy (non-hydrogen) atoms. The SMILES string of the molecule is Cc1nc(-c2ccc3c(c2)N(CC(=O)OC2CCC(C(C)(C)C)CC2)C(=O)CO3)cs1. The molecule has 0 atom stereocenters. The summed E-state index contributed by atoms with van der Waals surface area (Å²) in [6.07, 6.45) is 3.84. The lowest BCUT2D eigenvalue weighted by Crippen LogP contribution is -2.43. The van der Waals surface area contributed by atoms with Crippen molar-refractivity contribution < 1.29 is 19.1 Å². The molecule has 0 unspecified atom stereocenters. The summed E-state index contributed by atoms with van der Waals surface area (Å²) in [7, 11) is 0. The monoisotopic (exact) mass is 442 g/mol. The molecule has 1 saturated carbocycles. The fourth-order valence-corrected chi connectivity index (χ4v) is 5.05. The molecule has 0 radical (unpaired) electrons. The highest BCUT2D eigenvalue weighted by molar-refractivity contribution is 7.09. The first-order valence-electron chi connectivity index (χ1n) is 10.9. The summed E-state index contributed by atoms with van der Waals surface area (Å²) in [5.41, 5.74) is 2.61. The Morgan fingerprint density at radius 1 is 1.26 bits per heavy atom. The topological polar surface area (TPSA) is 68.7 Å². The number of hydrogen-bond acceptors (Lipinski definition) is 6. The summed E-state index contributed by atoms with van der Waals surface area (Å²) in [6.45, 7) is 8.59. The van der Waals surface area contributed by atoms with Gasteiger partial charge in [-0.2, -0.15) is 0 Å². The van der Waals surface area contributed by atoms with E-state index in [0.29, 0.717) is 17.4 Å². The van der Waals surface area contributed by atoms with Gasteiger partial charge in [-0.05, 0) is 62.1 Å². The molecule has 1 aromatic heterocycles. The van der Waals surface area contributed by atoms with Crippen molar-refractivity contribution in [1.29, 1.82) is 0 Å². The van der Waals surface area contributed by atoms with E-state index in [1.165, 1.54) is 4.90 Å². The largest absolute Gasteiger partial charge is 0.482 e. The van der Waals surface area contributed by atoms with Gasteiger partial charge in [-0.1, -0.05) is 20.8 Å². The number of ether oxygens (including phenoxy) is 2. The number of benzene rings is 1. The molecule has 7 heteroatoms. The van der Waals surface area contributed by atoms with Crippen LogP contribution in [0.1, 0.15) is 51.5 Å². The van der Waals surface area contributed by atoms with Crippen LogP contribution in [0.2, 0.25) is 0 Å². The first kappa shape index (κ1) is 21.8. The Morgan fingerprint density at radius 2 is 2.00 bits per heavy atom. The van der Waals surface area contributed by atoms with E-state index in [1.54, 1.807) is 11.3 Å². The van der Waals surface area contributed by atoms with Gasteiger partial charge < -0.3 is 9.47 Å². The van der Waals surface area contributed by atoms with Gasteiger partial charge in [-0.3, -0.25) is 14.5 Å². The van der Waals surface area contributed by atoms with E-state index < -0.39 is 0 Å². The number of amides is 1. The van der Waals surface area contributed by atoms with Crippen LogP contribution in [-0.2, 0) is 14.3 Å². The van der Waals surface area contributed by atoms with Crippen molar-refractivity contribution in [3.05, 3.63) is 28.6 Å². The summed E-state index contributed by atoms with van der Waals surface area (Å²) in [6, 6.07) is 5.62. The van der Waals surface area contributed by atoms with E-state index in [9.17, 15) is 9.59 Å². The number of carbonyl (C=O) groups is 2. The fourth-order valence-electron chi connectivity index (χ4n) is 4.43. The normalized spacial score (nSPS) is 21.4. The summed E-state index contributed by atoms with van der Waals surface area (Å²) in [5.74, 6) is 0.638. The molecule has 2 aliphatic rings. The van der Waals surface area contributed by atoms with Gasteiger partial charge in [0.1, 0.15) is 18.4 Å². The average Bonchev–Trinajstić information content (AvgIpc) is 3.16. The molecular formula is C24H30N2O4S. The van der Waals surface area contributed by atoms with Crippen molar-refractivity contribution in [3.8, 4) is 17.0 Å². The lowest BCUT2D eigenvalue weighted by molar-refractivity contribution is -0.150. The van der Waals surface area contributed by atoms with E-state index in [2.05, 4.69) is 25.8 Å². The molecular weight excluding hydrogens is 412 g/mol. The van der Waals surface area contributed by atoms with Crippen LogP contribution in [0.3, 0.4) is 0 Å². The molecule has 1 amide bonds. The minimum Gasteiger partial charge on any atom is -0.482 e. The van der Waals surface area contributed by atoms with Crippen molar-refractivity contribution in [2.45, 2.75) is 59.5 Å². The van der Waals surface area contributed by atoms with Gasteiger partial charge in [0, 0.05) is 10.9 Å². The second-order valence-corrected chi connectivity index (χ2v) is 10.6. The van der Waals surface area contributed by atoms with Crippen LogP contribution >= 0.6 is 11.3 Å². The van der Waals surface area contributed by atoms with Crippen LogP contribution in [-0.4, -0.2) is 36.1 Å². The van der Waals surface area contributed by atoms with Crippen molar-refractivity contribution in [3.63, 3.8) is 0 Å². The zero-order chi connectivity index (χ0) is 22.2. The molecule has 2 heterocycles. The smallest absolute Gasteiger partial charge is 0.326 e. The number of aryl methyl sites for hydroxylation is 1. The molecule has 1 aliphatic carbocycles. The van der Waals surface area contributed by atoms with E-state index in [-0.39, 0.29) is 36.5 Å². The van der Waals surface area contributed by atoms with Crippen LogP contribution in [0.15, 0.2) is 23.6 Å². The number of hydrogen-bond donors (Lipinski definition) is 0. The molecule has 0 N–H and O–H groups in total. The Kier molecular flexibility index (Phi) is 6.06. The van der Waals surface area contributed by atoms with Crippen molar-refractivity contribution in [2.75, 3.05) is 18.1 Å². The van der Waals surface area contributed by atoms with E-state index in [1.807, 2.05) is 30.5 Å². The zero-order valence-corrected chi connectivity index (χ0v) is 19.5. The molecule has 1 aromatic carbocycles. The number of fused-ring (bicyclic) bond motifs is 1. The Labute approximate surface area is 187 Å². The van der Waals surface area contributed by atoms with Crippen LogP contribution in [0.4, 0.5) is 5.69 Å². The molecule has 166 valence electrons. The van der Waals surface area contributed by atoms with Crippen LogP contribution < -0.4 is 9.64 Å². The maximum absolute atomic E-state index is 12.7. The quantitative estimate of drug-likeness (QED) is 0.624. The minimum atomic E-state index is -0.365. The summed E-state index contributed by atoms with van der Waals surface area (Å²) in [5, 5.41) is 2.96. The predicted octanol–water partition coefficient (Wildman–Crippen LogP) is 4.99. The summed E-state index contributed by atoms with van der Waals surface area (Å²) >= 11 is 1.57. The molecule has 0 saturated heterocycles. The highest BCUT2D eigenvalue weighted by Gasteiger charge is 2.33.